The summed E-state index contributed by atoms with van der Waals surface area (Å²) in [7, 11) is 0. The molecule has 2 rings (SSSR count). The van der Waals surface area contributed by atoms with Gasteiger partial charge in [0.1, 0.15) is 0 Å². The van der Waals surface area contributed by atoms with E-state index in [9.17, 15) is 5.11 Å². The third-order valence-electron chi connectivity index (χ3n) is 4.23. The van der Waals surface area contributed by atoms with Crippen LogP contribution in [0.2, 0.25) is 5.02 Å². The zero-order valence-corrected chi connectivity index (χ0v) is 11.9. The Kier molecular flexibility index (Phi) is 4.69. The highest BCUT2D eigenvalue weighted by atomic mass is 35.5. The third-order valence-corrected chi connectivity index (χ3v) is 4.46. The summed E-state index contributed by atoms with van der Waals surface area (Å²) in [5.41, 5.74) is 0.333. The van der Waals surface area contributed by atoms with Gasteiger partial charge >= 0.3 is 0 Å². The maximum Gasteiger partial charge on any atom is 0.0897 e. The van der Waals surface area contributed by atoms with Crippen LogP contribution in [0.5, 0.6) is 0 Å². The van der Waals surface area contributed by atoms with Gasteiger partial charge in [0.25, 0.3) is 0 Å². The van der Waals surface area contributed by atoms with Gasteiger partial charge in [0, 0.05) is 5.02 Å². The third kappa shape index (κ3) is 3.27. The van der Waals surface area contributed by atoms with Crippen LogP contribution in [0.25, 0.3) is 0 Å². The molecule has 1 nitrogen and oxygen atoms in total. The molecule has 0 aliphatic heterocycles. The summed E-state index contributed by atoms with van der Waals surface area (Å²) >= 11 is 6.03. The first-order valence-electron chi connectivity index (χ1n) is 7.12. The number of halogens is 1. The second kappa shape index (κ2) is 6.08. The highest BCUT2D eigenvalue weighted by molar-refractivity contribution is 6.30. The van der Waals surface area contributed by atoms with E-state index in [0.717, 1.165) is 42.2 Å². The monoisotopic (exact) mass is 266 g/mol. The summed E-state index contributed by atoms with van der Waals surface area (Å²) in [6.07, 6.45) is 7.80. The standard InChI is InChI=1S/C16H23ClO/c1-2-5-13-6-4-10-16(18,11-9-13)14-7-3-8-15(17)12-14/h3,7-8,12-13,18H,2,4-6,9-11H2,1H3. The van der Waals surface area contributed by atoms with E-state index in [0.29, 0.717) is 0 Å². The van der Waals surface area contributed by atoms with Crippen molar-refractivity contribution in [2.45, 2.75) is 57.5 Å². The van der Waals surface area contributed by atoms with E-state index in [2.05, 4.69) is 6.92 Å². The van der Waals surface area contributed by atoms with E-state index < -0.39 is 5.60 Å². The molecular weight excluding hydrogens is 244 g/mol. The Morgan fingerprint density at radius 1 is 1.33 bits per heavy atom. The first-order chi connectivity index (χ1) is 8.64. The van der Waals surface area contributed by atoms with Crippen LogP contribution in [0.3, 0.4) is 0 Å². The minimum atomic E-state index is -0.659. The van der Waals surface area contributed by atoms with E-state index in [4.69, 9.17) is 11.6 Å². The van der Waals surface area contributed by atoms with Crippen molar-refractivity contribution >= 4 is 11.6 Å². The molecule has 2 atom stereocenters. The average Bonchev–Trinajstić information content (AvgIpc) is 2.54. The summed E-state index contributed by atoms with van der Waals surface area (Å²) in [4.78, 5) is 0. The van der Waals surface area contributed by atoms with Gasteiger partial charge in [0.05, 0.1) is 5.60 Å². The highest BCUT2D eigenvalue weighted by Crippen LogP contribution is 2.39. The van der Waals surface area contributed by atoms with Crippen molar-refractivity contribution in [3.63, 3.8) is 0 Å². The molecular formula is C16H23ClO. The van der Waals surface area contributed by atoms with Gasteiger partial charge in [-0.2, -0.15) is 0 Å². The molecule has 1 aromatic carbocycles. The maximum atomic E-state index is 10.9. The normalized spacial score (nSPS) is 28.9. The van der Waals surface area contributed by atoms with Gasteiger partial charge in [0.15, 0.2) is 0 Å². The van der Waals surface area contributed by atoms with Gasteiger partial charge in [0.2, 0.25) is 0 Å². The lowest BCUT2D eigenvalue weighted by molar-refractivity contribution is 0.0195. The SMILES string of the molecule is CCCC1CCCC(O)(c2cccc(Cl)c2)CC1. The minimum absolute atomic E-state index is 0.659. The fourth-order valence-corrected chi connectivity index (χ4v) is 3.35. The second-order valence-electron chi connectivity index (χ2n) is 5.63. The Bertz CT molecular complexity index is 390. The van der Waals surface area contributed by atoms with Gasteiger partial charge in [-0.15, -0.1) is 0 Å². The lowest BCUT2D eigenvalue weighted by Gasteiger charge is -2.27. The first-order valence-corrected chi connectivity index (χ1v) is 7.50. The van der Waals surface area contributed by atoms with Crippen molar-refractivity contribution in [2.75, 3.05) is 0 Å². The number of rotatable bonds is 3. The highest BCUT2D eigenvalue weighted by Gasteiger charge is 2.32. The predicted molar refractivity (Wildman–Crippen MR) is 76.8 cm³/mol. The van der Waals surface area contributed by atoms with Crippen LogP contribution in [-0.4, -0.2) is 5.11 Å². The molecule has 0 radical (unpaired) electrons. The number of benzene rings is 1. The quantitative estimate of drug-likeness (QED) is 0.771. The molecule has 2 heteroatoms. The van der Waals surface area contributed by atoms with Crippen LogP contribution in [0.15, 0.2) is 24.3 Å². The molecule has 1 saturated carbocycles. The molecule has 1 aromatic rings. The Morgan fingerprint density at radius 3 is 2.89 bits per heavy atom. The largest absolute Gasteiger partial charge is 0.385 e. The number of aliphatic hydroxyl groups is 1. The zero-order chi connectivity index (χ0) is 13.0. The average molecular weight is 267 g/mol. The molecule has 0 bridgehead atoms. The van der Waals surface area contributed by atoms with E-state index in [1.54, 1.807) is 0 Å². The molecule has 1 fully saturated rings. The van der Waals surface area contributed by atoms with Crippen molar-refractivity contribution in [3.8, 4) is 0 Å². The van der Waals surface area contributed by atoms with Crippen molar-refractivity contribution in [1.82, 2.24) is 0 Å². The van der Waals surface area contributed by atoms with Crippen molar-refractivity contribution < 1.29 is 5.11 Å². The van der Waals surface area contributed by atoms with Crippen LogP contribution in [-0.2, 0) is 5.60 Å². The fraction of sp³-hybridized carbons (Fsp3) is 0.625. The molecule has 0 saturated heterocycles. The zero-order valence-electron chi connectivity index (χ0n) is 11.2. The molecule has 1 N–H and O–H groups in total. The molecule has 1 aliphatic carbocycles. The molecule has 0 spiro atoms. The number of hydrogen-bond donors (Lipinski definition) is 1. The summed E-state index contributed by atoms with van der Waals surface area (Å²) in [6.45, 7) is 2.24. The van der Waals surface area contributed by atoms with Gasteiger partial charge < -0.3 is 5.11 Å². The molecule has 18 heavy (non-hydrogen) atoms. The van der Waals surface area contributed by atoms with Crippen LogP contribution in [0.4, 0.5) is 0 Å². The Morgan fingerprint density at radius 2 is 2.17 bits per heavy atom. The van der Waals surface area contributed by atoms with E-state index in [1.165, 1.54) is 19.3 Å². The molecule has 100 valence electrons. The first kappa shape index (κ1) is 13.9. The Labute approximate surface area is 115 Å². The van der Waals surface area contributed by atoms with Crippen molar-refractivity contribution in [3.05, 3.63) is 34.9 Å². The summed E-state index contributed by atoms with van der Waals surface area (Å²) in [5, 5.41) is 11.6. The predicted octanol–water partition coefficient (Wildman–Crippen LogP) is 4.91. The summed E-state index contributed by atoms with van der Waals surface area (Å²) < 4.78 is 0. The van der Waals surface area contributed by atoms with E-state index >= 15 is 0 Å². The van der Waals surface area contributed by atoms with Gasteiger partial charge in [-0.05, 0) is 49.3 Å². The van der Waals surface area contributed by atoms with Gasteiger partial charge in [-0.25, -0.2) is 0 Å². The van der Waals surface area contributed by atoms with Crippen LogP contribution in [0, 0.1) is 5.92 Å². The Hall–Kier alpha value is -0.530. The minimum Gasteiger partial charge on any atom is -0.385 e. The lowest BCUT2D eigenvalue weighted by Crippen LogP contribution is -2.24. The number of hydrogen-bond acceptors (Lipinski definition) is 1. The topological polar surface area (TPSA) is 20.2 Å². The molecule has 0 aromatic heterocycles. The lowest BCUT2D eigenvalue weighted by atomic mass is 9.86. The summed E-state index contributed by atoms with van der Waals surface area (Å²) in [5.74, 6) is 0.795. The smallest absolute Gasteiger partial charge is 0.0897 e. The summed E-state index contributed by atoms with van der Waals surface area (Å²) in [6, 6.07) is 7.72. The van der Waals surface area contributed by atoms with Crippen LogP contribution < -0.4 is 0 Å². The van der Waals surface area contributed by atoms with E-state index in [1.807, 2.05) is 24.3 Å². The van der Waals surface area contributed by atoms with Crippen molar-refractivity contribution in [2.24, 2.45) is 5.92 Å². The maximum absolute atomic E-state index is 10.9. The van der Waals surface area contributed by atoms with E-state index in [-0.39, 0.29) is 0 Å². The van der Waals surface area contributed by atoms with Crippen LogP contribution in [0.1, 0.15) is 57.4 Å². The van der Waals surface area contributed by atoms with Crippen LogP contribution >= 0.6 is 11.6 Å². The van der Waals surface area contributed by atoms with Crippen molar-refractivity contribution in [1.29, 1.82) is 0 Å². The molecule has 2 unspecified atom stereocenters. The van der Waals surface area contributed by atoms with Gasteiger partial charge in [-0.3, -0.25) is 0 Å². The molecule has 0 amide bonds. The molecule has 1 aliphatic rings. The van der Waals surface area contributed by atoms with Gasteiger partial charge in [-0.1, -0.05) is 49.9 Å². The second-order valence-corrected chi connectivity index (χ2v) is 6.06. The fourth-order valence-electron chi connectivity index (χ4n) is 3.16. The Balaban J connectivity index is 2.11. The molecule has 0 heterocycles.